The summed E-state index contributed by atoms with van der Waals surface area (Å²) in [5.41, 5.74) is 1.62. The van der Waals surface area contributed by atoms with E-state index in [1.807, 2.05) is 60.7 Å². The van der Waals surface area contributed by atoms with E-state index in [1.54, 1.807) is 0 Å². The molecule has 0 aromatic heterocycles. The van der Waals surface area contributed by atoms with Crippen LogP contribution in [0.2, 0.25) is 0 Å². The van der Waals surface area contributed by atoms with E-state index in [1.165, 1.54) is 0 Å². The van der Waals surface area contributed by atoms with Crippen molar-refractivity contribution in [2.24, 2.45) is 0 Å². The van der Waals surface area contributed by atoms with Crippen molar-refractivity contribution in [1.82, 2.24) is 0 Å². The number of hydrogen-bond donors (Lipinski definition) is 0. The molecule has 2 rings (SSSR count). The third kappa shape index (κ3) is 3.67. The van der Waals surface area contributed by atoms with Crippen molar-refractivity contribution in [3.05, 3.63) is 71.8 Å². The first-order valence-electron chi connectivity index (χ1n) is 5.53. The summed E-state index contributed by atoms with van der Waals surface area (Å²) >= 11 is 0. The van der Waals surface area contributed by atoms with Crippen molar-refractivity contribution < 1.29 is 4.79 Å². The van der Waals surface area contributed by atoms with Gasteiger partial charge in [-0.15, -0.1) is 0 Å². The van der Waals surface area contributed by atoms with Crippen LogP contribution in [0.3, 0.4) is 0 Å². The van der Waals surface area contributed by atoms with E-state index in [4.69, 9.17) is 0 Å². The molecule has 0 fully saturated rings. The summed E-state index contributed by atoms with van der Waals surface area (Å²) < 4.78 is 0. The van der Waals surface area contributed by atoms with Crippen molar-refractivity contribution in [2.45, 2.75) is 0 Å². The van der Waals surface area contributed by atoms with Gasteiger partial charge in [-0.05, 0) is 36.1 Å². The van der Waals surface area contributed by atoms with Crippen molar-refractivity contribution in [1.29, 1.82) is 0 Å². The van der Waals surface area contributed by atoms with Gasteiger partial charge in [0.05, 0.1) is 0 Å². The zero-order valence-electron chi connectivity index (χ0n) is 9.68. The summed E-state index contributed by atoms with van der Waals surface area (Å²) in [7, 11) is 0. The van der Waals surface area contributed by atoms with Gasteiger partial charge < -0.3 is 0 Å². The fourth-order valence-electron chi connectivity index (χ4n) is 1.33. The average Bonchev–Trinajstić information content (AvgIpc) is 2.45. The number of Topliss-reactive ketones (excluding diaryl/α,β-unsaturated/α-hetero) is 1. The van der Waals surface area contributed by atoms with Crippen LogP contribution < -0.4 is 0 Å². The summed E-state index contributed by atoms with van der Waals surface area (Å²) in [5.74, 6) is 10.2. The van der Waals surface area contributed by atoms with Gasteiger partial charge in [0.25, 0.3) is 5.78 Å². The molecule has 0 atom stereocenters. The monoisotopic (exact) mass is 230 g/mol. The molecule has 0 unspecified atom stereocenters. The fourth-order valence-corrected chi connectivity index (χ4v) is 1.33. The summed E-state index contributed by atoms with van der Waals surface area (Å²) in [6.07, 6.45) is 0. The van der Waals surface area contributed by atoms with Crippen LogP contribution in [-0.2, 0) is 4.79 Å². The predicted octanol–water partition coefficient (Wildman–Crippen LogP) is 2.66. The second-order valence-corrected chi connectivity index (χ2v) is 3.56. The normalized spacial score (nSPS) is 8.44. The molecule has 0 aliphatic rings. The molecule has 0 spiro atoms. The molecule has 0 saturated heterocycles. The van der Waals surface area contributed by atoms with Crippen molar-refractivity contribution in [3.8, 4) is 23.7 Å². The Hall–Kier alpha value is -2.77. The maximum absolute atomic E-state index is 11.4. The zero-order valence-corrected chi connectivity index (χ0v) is 9.68. The molecule has 2 aromatic rings. The Kier molecular flexibility index (Phi) is 3.96. The highest BCUT2D eigenvalue weighted by molar-refractivity contribution is 6.09. The third-order valence-electron chi connectivity index (χ3n) is 2.19. The summed E-state index contributed by atoms with van der Waals surface area (Å²) in [6.45, 7) is 0. The number of rotatable bonds is 0. The Bertz CT molecular complexity index is 587. The lowest BCUT2D eigenvalue weighted by molar-refractivity contribution is -0.108. The van der Waals surface area contributed by atoms with Crippen LogP contribution in [0.1, 0.15) is 11.1 Å². The maximum Gasteiger partial charge on any atom is 0.279 e. The molecule has 0 aliphatic heterocycles. The average molecular weight is 230 g/mol. The summed E-state index contributed by atoms with van der Waals surface area (Å²) in [5, 5.41) is 0. The number of ketones is 1. The van der Waals surface area contributed by atoms with Gasteiger partial charge in [0.2, 0.25) is 0 Å². The molecule has 0 amide bonds. The van der Waals surface area contributed by atoms with Crippen LogP contribution in [0.5, 0.6) is 0 Å². The molecule has 0 bridgehead atoms. The number of carbonyl (C=O) groups excluding carboxylic acids is 1. The quantitative estimate of drug-likeness (QED) is 0.636. The topological polar surface area (TPSA) is 17.1 Å². The highest BCUT2D eigenvalue weighted by Gasteiger charge is 1.89. The Morgan fingerprint density at radius 2 is 1.06 bits per heavy atom. The van der Waals surface area contributed by atoms with Crippen molar-refractivity contribution in [3.63, 3.8) is 0 Å². The molecule has 1 nitrogen and oxygen atoms in total. The lowest BCUT2D eigenvalue weighted by Crippen LogP contribution is -1.87. The second kappa shape index (κ2) is 6.09. The van der Waals surface area contributed by atoms with Crippen LogP contribution in [0, 0.1) is 23.7 Å². The van der Waals surface area contributed by atoms with Crippen LogP contribution in [0.4, 0.5) is 0 Å². The van der Waals surface area contributed by atoms with Gasteiger partial charge in [-0.25, -0.2) is 0 Å². The first-order valence-corrected chi connectivity index (χ1v) is 5.53. The van der Waals surface area contributed by atoms with E-state index >= 15 is 0 Å². The van der Waals surface area contributed by atoms with Gasteiger partial charge in [-0.2, -0.15) is 0 Å². The highest BCUT2D eigenvalue weighted by atomic mass is 16.1. The Morgan fingerprint density at radius 1 is 0.667 bits per heavy atom. The largest absolute Gasteiger partial charge is 0.279 e. The summed E-state index contributed by atoms with van der Waals surface area (Å²) in [6, 6.07) is 18.7. The van der Waals surface area contributed by atoms with Gasteiger partial charge in [0.15, 0.2) is 0 Å². The molecule has 84 valence electrons. The van der Waals surface area contributed by atoms with Crippen LogP contribution in [-0.4, -0.2) is 5.78 Å². The smallest absolute Gasteiger partial charge is 0.270 e. The molecule has 2 aromatic carbocycles. The van der Waals surface area contributed by atoms with Crippen molar-refractivity contribution >= 4 is 5.78 Å². The van der Waals surface area contributed by atoms with Gasteiger partial charge >= 0.3 is 0 Å². The van der Waals surface area contributed by atoms with Crippen LogP contribution >= 0.6 is 0 Å². The first kappa shape index (κ1) is 11.7. The molecule has 0 aliphatic carbocycles. The van der Waals surface area contributed by atoms with Crippen LogP contribution in [0.15, 0.2) is 60.7 Å². The van der Waals surface area contributed by atoms with Gasteiger partial charge in [-0.3, -0.25) is 4.79 Å². The van der Waals surface area contributed by atoms with E-state index in [9.17, 15) is 4.79 Å². The molecule has 0 saturated carbocycles. The van der Waals surface area contributed by atoms with Gasteiger partial charge in [0, 0.05) is 11.1 Å². The lowest BCUT2D eigenvalue weighted by atomic mass is 10.2. The maximum atomic E-state index is 11.4. The molecule has 0 radical (unpaired) electrons. The minimum absolute atomic E-state index is 0.372. The van der Waals surface area contributed by atoms with E-state index in [0.717, 1.165) is 11.1 Å². The minimum atomic E-state index is -0.372. The lowest BCUT2D eigenvalue weighted by Gasteiger charge is -1.85. The van der Waals surface area contributed by atoms with Gasteiger partial charge in [0.1, 0.15) is 0 Å². The van der Waals surface area contributed by atoms with E-state index in [2.05, 4.69) is 23.7 Å². The first-order chi connectivity index (χ1) is 8.84. The minimum Gasteiger partial charge on any atom is -0.270 e. The molecular weight excluding hydrogens is 220 g/mol. The Labute approximate surface area is 106 Å². The summed E-state index contributed by atoms with van der Waals surface area (Å²) in [4.78, 5) is 11.4. The third-order valence-corrected chi connectivity index (χ3v) is 2.19. The fraction of sp³-hybridized carbons (Fsp3) is 0. The molecule has 18 heavy (non-hydrogen) atoms. The highest BCUT2D eigenvalue weighted by Crippen LogP contribution is 1.95. The SMILES string of the molecule is O=C(C#Cc1ccccc1)C#Cc1ccccc1. The predicted molar refractivity (Wildman–Crippen MR) is 71.6 cm³/mol. The van der Waals surface area contributed by atoms with E-state index in [0.29, 0.717) is 0 Å². The zero-order chi connectivity index (χ0) is 12.6. The molecule has 0 heterocycles. The van der Waals surface area contributed by atoms with E-state index in [-0.39, 0.29) is 5.78 Å². The number of carbonyl (C=O) groups is 1. The van der Waals surface area contributed by atoms with Gasteiger partial charge in [-0.1, -0.05) is 48.2 Å². The van der Waals surface area contributed by atoms with Crippen molar-refractivity contribution in [2.75, 3.05) is 0 Å². The Morgan fingerprint density at radius 3 is 1.44 bits per heavy atom. The Balaban J connectivity index is 2.07. The molecular formula is C17H10O. The molecule has 0 N–H and O–H groups in total. The van der Waals surface area contributed by atoms with Crippen LogP contribution in [0.25, 0.3) is 0 Å². The number of hydrogen-bond acceptors (Lipinski definition) is 1. The number of benzene rings is 2. The molecule has 1 heteroatoms. The van der Waals surface area contributed by atoms with E-state index < -0.39 is 0 Å². The standard InChI is InChI=1S/C17H10O/c18-17(13-11-15-7-3-1-4-8-15)14-12-16-9-5-2-6-10-16/h1-10H. The second-order valence-electron chi connectivity index (χ2n) is 3.56.